The van der Waals surface area contributed by atoms with E-state index in [0.29, 0.717) is 31.5 Å². The number of carboxylic acids is 1. The number of piperidine rings is 1. The molecule has 0 atom stereocenters. The van der Waals surface area contributed by atoms with Crippen molar-refractivity contribution < 1.29 is 19.4 Å². The normalized spacial score (nSPS) is 16.0. The molecule has 0 aromatic heterocycles. The van der Waals surface area contributed by atoms with E-state index in [-0.39, 0.29) is 6.09 Å². The van der Waals surface area contributed by atoms with Gasteiger partial charge in [-0.3, -0.25) is 0 Å². The Bertz CT molecular complexity index is 752. The number of nitrogen functional groups attached to an aromatic ring is 1. The van der Waals surface area contributed by atoms with Crippen molar-refractivity contribution >= 4 is 17.7 Å². The van der Waals surface area contributed by atoms with Gasteiger partial charge in [0.15, 0.2) is 0 Å². The maximum atomic E-state index is 11.8. The lowest BCUT2D eigenvalue weighted by Crippen LogP contribution is -2.40. The summed E-state index contributed by atoms with van der Waals surface area (Å²) in [5.41, 5.74) is 10.3. The fourth-order valence-electron chi connectivity index (χ4n) is 3.40. The molecular weight excluding hydrogens is 356 g/mol. The molecule has 1 aliphatic heterocycles. The van der Waals surface area contributed by atoms with E-state index in [1.54, 1.807) is 11.8 Å². The van der Waals surface area contributed by atoms with Crippen LogP contribution in [0, 0.1) is 0 Å². The third-order valence-corrected chi connectivity index (χ3v) is 4.99. The summed E-state index contributed by atoms with van der Waals surface area (Å²) in [5, 5.41) is 8.90. The molecule has 6 heteroatoms. The Kier molecular flexibility index (Phi) is 7.11. The lowest BCUT2D eigenvalue weighted by atomic mass is 9.99. The van der Waals surface area contributed by atoms with Crippen molar-refractivity contribution in [2.75, 3.05) is 18.8 Å². The van der Waals surface area contributed by atoms with Crippen LogP contribution in [0.2, 0.25) is 0 Å². The molecule has 28 heavy (non-hydrogen) atoms. The summed E-state index contributed by atoms with van der Waals surface area (Å²) in [5.74, 6) is -0.879. The van der Waals surface area contributed by atoms with Gasteiger partial charge in [-0.25, -0.2) is 9.59 Å². The summed E-state index contributed by atoms with van der Waals surface area (Å²) in [6.07, 6.45) is 4.67. The summed E-state index contributed by atoms with van der Waals surface area (Å²) < 4.78 is 5.27. The second-order valence-corrected chi connectivity index (χ2v) is 8.38. The Morgan fingerprint density at radius 2 is 1.68 bits per heavy atom. The van der Waals surface area contributed by atoms with Crippen molar-refractivity contribution in [1.82, 2.24) is 4.90 Å². The minimum atomic E-state index is -0.879. The Balaban J connectivity index is 0.000000233. The van der Waals surface area contributed by atoms with E-state index in [4.69, 9.17) is 15.6 Å². The van der Waals surface area contributed by atoms with E-state index in [9.17, 15) is 9.59 Å². The Morgan fingerprint density at radius 3 is 2.25 bits per heavy atom. The number of hydrogen-bond acceptors (Lipinski definition) is 4. The largest absolute Gasteiger partial charge is 0.478 e. The van der Waals surface area contributed by atoms with Gasteiger partial charge in [0, 0.05) is 24.4 Å². The molecule has 0 spiro atoms. The highest BCUT2D eigenvalue weighted by Gasteiger charge is 2.25. The van der Waals surface area contributed by atoms with Crippen LogP contribution in [0.25, 0.3) is 0 Å². The highest BCUT2D eigenvalue weighted by molar-refractivity contribution is 5.86. The van der Waals surface area contributed by atoms with Crippen molar-refractivity contribution in [1.29, 1.82) is 0 Å². The van der Waals surface area contributed by atoms with E-state index < -0.39 is 11.6 Å². The van der Waals surface area contributed by atoms with Gasteiger partial charge in [0.25, 0.3) is 0 Å². The first kappa shape index (κ1) is 21.8. The van der Waals surface area contributed by atoms with Crippen LogP contribution in [0.5, 0.6) is 0 Å². The molecule has 2 aliphatic rings. The number of nitrogens with zero attached hydrogens (tertiary/aromatic N) is 1. The Labute approximate surface area is 167 Å². The number of carbonyl (C=O) groups is 2. The third-order valence-electron chi connectivity index (χ3n) is 4.99. The predicted octanol–water partition coefficient (Wildman–Crippen LogP) is 4.18. The topological polar surface area (TPSA) is 92.9 Å². The average molecular weight is 389 g/mol. The van der Waals surface area contributed by atoms with Crippen LogP contribution in [0.15, 0.2) is 29.3 Å². The molecule has 1 aromatic rings. The maximum Gasteiger partial charge on any atom is 0.410 e. The number of amides is 1. The monoisotopic (exact) mass is 388 g/mol. The molecule has 1 heterocycles. The smallest absolute Gasteiger partial charge is 0.410 e. The fraction of sp³-hybridized carbons (Fsp3) is 0.545. The van der Waals surface area contributed by atoms with Gasteiger partial charge in [0.1, 0.15) is 5.60 Å². The van der Waals surface area contributed by atoms with Crippen LogP contribution in [-0.4, -0.2) is 40.8 Å². The average Bonchev–Trinajstić information content (AvgIpc) is 3.07. The number of ether oxygens (including phenoxy) is 1. The molecule has 0 unspecified atom stereocenters. The number of hydrogen-bond donors (Lipinski definition) is 2. The fourth-order valence-corrected chi connectivity index (χ4v) is 3.40. The number of benzene rings is 1. The van der Waals surface area contributed by atoms with Gasteiger partial charge in [0.05, 0.1) is 0 Å². The zero-order chi connectivity index (χ0) is 20.9. The minimum absolute atomic E-state index is 0.325. The van der Waals surface area contributed by atoms with Crippen LogP contribution in [0.1, 0.15) is 58.1 Å². The van der Waals surface area contributed by atoms with E-state index in [0.717, 1.165) is 11.3 Å². The molecule has 0 saturated carbocycles. The number of fused-ring (bicyclic) bond motifs is 1. The molecule has 3 N–H and O–H groups in total. The van der Waals surface area contributed by atoms with Crippen molar-refractivity contribution in [2.45, 2.75) is 65.4 Å². The van der Waals surface area contributed by atoms with Crippen molar-refractivity contribution in [3.63, 3.8) is 0 Å². The van der Waals surface area contributed by atoms with Gasteiger partial charge in [-0.15, -0.1) is 0 Å². The quantitative estimate of drug-likeness (QED) is 0.556. The van der Waals surface area contributed by atoms with E-state index in [1.165, 1.54) is 30.4 Å². The highest BCUT2D eigenvalue weighted by Crippen LogP contribution is 2.23. The number of aryl methyl sites for hydroxylation is 2. The lowest BCUT2D eigenvalue weighted by Gasteiger charge is -2.31. The zero-order valence-corrected chi connectivity index (χ0v) is 17.4. The molecule has 0 radical (unpaired) electrons. The van der Waals surface area contributed by atoms with Gasteiger partial charge in [-0.2, -0.15) is 0 Å². The third kappa shape index (κ3) is 6.29. The SMILES string of the molecule is CC(C(=O)O)=C1CCN(C(=O)OC(C)(C)C)CC1.Nc1ccc2c(c1)CCC2. The maximum absolute atomic E-state index is 11.8. The molecule has 1 aliphatic carbocycles. The molecular formula is C22H32N2O4. The van der Waals surface area contributed by atoms with Gasteiger partial charge in [-0.05, 0) is 83.1 Å². The van der Waals surface area contributed by atoms with Crippen LogP contribution in [-0.2, 0) is 22.4 Å². The van der Waals surface area contributed by atoms with Gasteiger partial charge < -0.3 is 20.5 Å². The van der Waals surface area contributed by atoms with Gasteiger partial charge >= 0.3 is 12.1 Å². The first-order valence-corrected chi connectivity index (χ1v) is 9.84. The summed E-state index contributed by atoms with van der Waals surface area (Å²) in [6, 6.07) is 6.24. The summed E-state index contributed by atoms with van der Waals surface area (Å²) >= 11 is 0. The standard InChI is InChI=1S/C13H21NO4.C9H11N/c1-9(11(15)16)10-5-7-14(8-6-10)12(17)18-13(2,3)4;10-9-5-4-7-2-1-3-8(7)6-9/h5-8H2,1-4H3,(H,15,16);4-6H,1-3,10H2. The second kappa shape index (κ2) is 9.13. The van der Waals surface area contributed by atoms with Crippen molar-refractivity contribution in [3.05, 3.63) is 40.5 Å². The van der Waals surface area contributed by atoms with Crippen LogP contribution in [0.4, 0.5) is 10.5 Å². The summed E-state index contributed by atoms with van der Waals surface area (Å²) in [6.45, 7) is 8.14. The van der Waals surface area contributed by atoms with Gasteiger partial charge in [0.2, 0.25) is 0 Å². The molecule has 3 rings (SSSR count). The number of carboxylic acid groups (broad SMARTS) is 1. The van der Waals surface area contributed by atoms with Crippen LogP contribution < -0.4 is 5.73 Å². The number of likely N-dealkylation sites (tertiary alicyclic amines) is 1. The molecule has 154 valence electrons. The van der Waals surface area contributed by atoms with E-state index >= 15 is 0 Å². The van der Waals surface area contributed by atoms with Gasteiger partial charge in [-0.1, -0.05) is 11.6 Å². The number of nitrogens with two attached hydrogens (primary N) is 1. The first-order valence-electron chi connectivity index (χ1n) is 9.84. The van der Waals surface area contributed by atoms with Crippen LogP contribution in [0.3, 0.4) is 0 Å². The molecule has 6 nitrogen and oxygen atoms in total. The number of anilines is 1. The molecule has 1 amide bonds. The number of rotatable bonds is 1. The molecule has 1 fully saturated rings. The Hall–Kier alpha value is -2.50. The summed E-state index contributed by atoms with van der Waals surface area (Å²) in [7, 11) is 0. The lowest BCUT2D eigenvalue weighted by molar-refractivity contribution is -0.132. The second-order valence-electron chi connectivity index (χ2n) is 8.38. The van der Waals surface area contributed by atoms with Crippen molar-refractivity contribution in [2.24, 2.45) is 0 Å². The molecule has 1 aromatic carbocycles. The van der Waals surface area contributed by atoms with Crippen LogP contribution >= 0.6 is 0 Å². The number of carbonyl (C=O) groups excluding carboxylic acids is 1. The predicted molar refractivity (Wildman–Crippen MR) is 110 cm³/mol. The van der Waals surface area contributed by atoms with E-state index in [2.05, 4.69) is 12.1 Å². The number of aliphatic carboxylic acids is 1. The first-order chi connectivity index (χ1) is 13.1. The zero-order valence-electron chi connectivity index (χ0n) is 17.4. The minimum Gasteiger partial charge on any atom is -0.478 e. The Morgan fingerprint density at radius 1 is 1.07 bits per heavy atom. The van der Waals surface area contributed by atoms with Crippen molar-refractivity contribution in [3.8, 4) is 0 Å². The molecule has 0 bridgehead atoms. The highest BCUT2D eigenvalue weighted by atomic mass is 16.6. The summed E-state index contributed by atoms with van der Waals surface area (Å²) in [4.78, 5) is 24.3. The van der Waals surface area contributed by atoms with E-state index in [1.807, 2.05) is 26.8 Å². The molecule has 1 saturated heterocycles.